The Labute approximate surface area is 154 Å². The molecule has 3 rings (SSSR count). The van der Waals surface area contributed by atoms with Gasteiger partial charge in [0.15, 0.2) is 0 Å². The molecule has 0 spiro atoms. The minimum Gasteiger partial charge on any atom is -0.459 e. The van der Waals surface area contributed by atoms with E-state index >= 15 is 0 Å². The van der Waals surface area contributed by atoms with Crippen molar-refractivity contribution in [1.82, 2.24) is 0 Å². The van der Waals surface area contributed by atoms with Crippen LogP contribution < -0.4 is 0 Å². The molecule has 2 aromatic carbocycles. The summed E-state index contributed by atoms with van der Waals surface area (Å²) >= 11 is 0. The van der Waals surface area contributed by atoms with Crippen molar-refractivity contribution in [3.05, 3.63) is 59.9 Å². The minimum absolute atomic E-state index is 0.0271. The van der Waals surface area contributed by atoms with Gasteiger partial charge in [-0.15, -0.1) is 0 Å². The Balaban J connectivity index is 1.53. The Morgan fingerprint density at radius 3 is 2.04 bits per heavy atom. The molecule has 138 valence electrons. The van der Waals surface area contributed by atoms with Crippen LogP contribution >= 0.6 is 0 Å². The highest BCUT2D eigenvalue weighted by atomic mass is 19.1. The molecule has 2 aromatic rings. The zero-order valence-corrected chi connectivity index (χ0v) is 15.1. The molecule has 1 saturated carbocycles. The molecular formula is C22H25FO3. The van der Waals surface area contributed by atoms with E-state index in [9.17, 15) is 9.18 Å². The predicted octanol–water partition coefficient (Wildman–Crippen LogP) is 5.39. The summed E-state index contributed by atoms with van der Waals surface area (Å²) in [5.74, 6) is -0.544. The number of halogens is 1. The number of hydrogen-bond acceptors (Lipinski definition) is 3. The fourth-order valence-electron chi connectivity index (χ4n) is 3.26. The number of esters is 1. The number of carbonyl (C=O) groups excluding carboxylic acids is 1. The van der Waals surface area contributed by atoms with Gasteiger partial charge < -0.3 is 9.47 Å². The van der Waals surface area contributed by atoms with E-state index in [-0.39, 0.29) is 17.9 Å². The first-order chi connectivity index (χ1) is 12.7. The molecule has 1 aliphatic rings. The lowest BCUT2D eigenvalue weighted by Crippen LogP contribution is -2.28. The van der Waals surface area contributed by atoms with E-state index in [1.165, 1.54) is 12.1 Å². The highest BCUT2D eigenvalue weighted by Crippen LogP contribution is 2.25. The molecule has 0 aromatic heterocycles. The molecule has 0 atom stereocenters. The molecule has 4 heteroatoms. The van der Waals surface area contributed by atoms with Crippen molar-refractivity contribution < 1.29 is 18.7 Å². The Morgan fingerprint density at radius 2 is 1.46 bits per heavy atom. The summed E-state index contributed by atoms with van der Waals surface area (Å²) in [4.78, 5) is 12.4. The van der Waals surface area contributed by atoms with Crippen LogP contribution in [0.1, 0.15) is 49.4 Å². The first kappa shape index (κ1) is 18.6. The van der Waals surface area contributed by atoms with E-state index in [4.69, 9.17) is 9.47 Å². The number of carbonyl (C=O) groups is 1. The summed E-state index contributed by atoms with van der Waals surface area (Å²) in [6.45, 7) is 2.91. The van der Waals surface area contributed by atoms with Gasteiger partial charge in [0.25, 0.3) is 0 Å². The normalized spacial score (nSPS) is 19.9. The van der Waals surface area contributed by atoms with Gasteiger partial charge in [0.1, 0.15) is 11.9 Å². The molecule has 26 heavy (non-hydrogen) atoms. The summed E-state index contributed by atoms with van der Waals surface area (Å²) in [5, 5.41) is 0. The van der Waals surface area contributed by atoms with Crippen molar-refractivity contribution in [2.24, 2.45) is 0 Å². The number of ether oxygens (including phenoxy) is 2. The van der Waals surface area contributed by atoms with E-state index < -0.39 is 0 Å². The van der Waals surface area contributed by atoms with Crippen molar-refractivity contribution in [3.63, 3.8) is 0 Å². The standard InChI is InChI=1S/C22H25FO3/c1-2-15-25-20-11-13-21(14-12-20)26-22(24)18-5-3-16(4-6-18)17-7-9-19(23)10-8-17/h3-10,20-21H,2,11-15H2,1H3/t20-,21-. The molecule has 0 unspecified atom stereocenters. The van der Waals surface area contributed by atoms with Gasteiger partial charge in [0.2, 0.25) is 0 Å². The van der Waals surface area contributed by atoms with Crippen LogP contribution in [0, 0.1) is 5.82 Å². The smallest absolute Gasteiger partial charge is 0.338 e. The fraction of sp³-hybridized carbons (Fsp3) is 0.409. The van der Waals surface area contributed by atoms with Crippen molar-refractivity contribution in [3.8, 4) is 11.1 Å². The van der Waals surface area contributed by atoms with Crippen LogP contribution in [0.2, 0.25) is 0 Å². The Hall–Kier alpha value is -2.20. The molecule has 0 N–H and O–H groups in total. The van der Waals surface area contributed by atoms with Crippen LogP contribution in [-0.2, 0) is 9.47 Å². The van der Waals surface area contributed by atoms with Gasteiger partial charge in [-0.1, -0.05) is 31.2 Å². The van der Waals surface area contributed by atoms with E-state index in [1.807, 2.05) is 12.1 Å². The van der Waals surface area contributed by atoms with Crippen molar-refractivity contribution in [2.45, 2.75) is 51.2 Å². The van der Waals surface area contributed by atoms with Gasteiger partial charge in [-0.3, -0.25) is 0 Å². The summed E-state index contributed by atoms with van der Waals surface area (Å²) in [6.07, 6.45) is 4.91. The topological polar surface area (TPSA) is 35.5 Å². The molecule has 3 nitrogen and oxygen atoms in total. The van der Waals surface area contributed by atoms with Gasteiger partial charge in [0, 0.05) is 6.61 Å². The van der Waals surface area contributed by atoms with Crippen LogP contribution in [0.15, 0.2) is 48.5 Å². The average Bonchev–Trinajstić information content (AvgIpc) is 2.68. The van der Waals surface area contributed by atoms with Gasteiger partial charge >= 0.3 is 5.97 Å². The maximum atomic E-state index is 13.0. The van der Waals surface area contributed by atoms with Crippen LogP contribution in [0.5, 0.6) is 0 Å². The molecular weight excluding hydrogens is 331 g/mol. The number of hydrogen-bond donors (Lipinski definition) is 0. The van der Waals surface area contributed by atoms with Crippen molar-refractivity contribution >= 4 is 5.97 Å². The molecule has 1 fully saturated rings. The quantitative estimate of drug-likeness (QED) is 0.651. The second-order valence-corrected chi connectivity index (χ2v) is 6.76. The van der Waals surface area contributed by atoms with Crippen LogP contribution in [0.3, 0.4) is 0 Å². The van der Waals surface area contributed by atoms with E-state index in [1.54, 1.807) is 24.3 Å². The van der Waals surface area contributed by atoms with Gasteiger partial charge in [-0.2, -0.15) is 0 Å². The molecule has 0 radical (unpaired) electrons. The Morgan fingerprint density at radius 1 is 0.923 bits per heavy atom. The average molecular weight is 356 g/mol. The third-order valence-electron chi connectivity index (χ3n) is 4.75. The monoisotopic (exact) mass is 356 g/mol. The molecule has 0 heterocycles. The molecule has 1 aliphatic carbocycles. The second-order valence-electron chi connectivity index (χ2n) is 6.76. The lowest BCUT2D eigenvalue weighted by Gasteiger charge is -2.28. The van der Waals surface area contributed by atoms with Gasteiger partial charge in [-0.25, -0.2) is 9.18 Å². The number of rotatable bonds is 6. The zero-order chi connectivity index (χ0) is 18.4. The van der Waals surface area contributed by atoms with Crippen LogP contribution in [0.25, 0.3) is 11.1 Å². The van der Waals surface area contributed by atoms with E-state index in [0.29, 0.717) is 11.7 Å². The largest absolute Gasteiger partial charge is 0.459 e. The van der Waals surface area contributed by atoms with Gasteiger partial charge in [0.05, 0.1) is 11.7 Å². The fourth-order valence-corrected chi connectivity index (χ4v) is 3.26. The lowest BCUT2D eigenvalue weighted by molar-refractivity contribution is -0.0194. The molecule has 0 bridgehead atoms. The van der Waals surface area contributed by atoms with Crippen LogP contribution in [0.4, 0.5) is 4.39 Å². The minimum atomic E-state index is -0.284. The molecule has 0 aliphatic heterocycles. The van der Waals surface area contributed by atoms with E-state index in [0.717, 1.165) is 49.8 Å². The summed E-state index contributed by atoms with van der Waals surface area (Å²) in [7, 11) is 0. The number of benzene rings is 2. The summed E-state index contributed by atoms with van der Waals surface area (Å²) in [5.41, 5.74) is 2.40. The zero-order valence-electron chi connectivity index (χ0n) is 15.1. The van der Waals surface area contributed by atoms with Gasteiger partial charge in [-0.05, 0) is 67.5 Å². The van der Waals surface area contributed by atoms with E-state index in [2.05, 4.69) is 6.92 Å². The highest BCUT2D eigenvalue weighted by molar-refractivity contribution is 5.90. The Bertz CT molecular complexity index is 701. The first-order valence-electron chi connectivity index (χ1n) is 9.34. The highest BCUT2D eigenvalue weighted by Gasteiger charge is 2.24. The van der Waals surface area contributed by atoms with Crippen LogP contribution in [-0.4, -0.2) is 24.8 Å². The predicted molar refractivity (Wildman–Crippen MR) is 99.5 cm³/mol. The SMILES string of the molecule is CCCO[C@H]1CC[C@H](OC(=O)c2ccc(-c3ccc(F)cc3)cc2)CC1. The summed E-state index contributed by atoms with van der Waals surface area (Å²) < 4.78 is 24.4. The second kappa shape index (κ2) is 8.95. The maximum Gasteiger partial charge on any atom is 0.338 e. The summed E-state index contributed by atoms with van der Waals surface area (Å²) in [6, 6.07) is 13.5. The third kappa shape index (κ3) is 4.92. The molecule has 0 saturated heterocycles. The van der Waals surface area contributed by atoms with Crippen molar-refractivity contribution in [2.75, 3.05) is 6.61 Å². The lowest BCUT2D eigenvalue weighted by atomic mass is 9.95. The third-order valence-corrected chi connectivity index (χ3v) is 4.75. The van der Waals surface area contributed by atoms with Crippen molar-refractivity contribution in [1.29, 1.82) is 0 Å². The first-order valence-corrected chi connectivity index (χ1v) is 9.34. The maximum absolute atomic E-state index is 13.0. The molecule has 0 amide bonds. The Kier molecular flexibility index (Phi) is 6.40.